The van der Waals surface area contributed by atoms with Crippen molar-refractivity contribution in [3.63, 3.8) is 0 Å². The van der Waals surface area contributed by atoms with E-state index in [1.165, 1.54) is 19.3 Å². The topological polar surface area (TPSA) is 62.2 Å². The van der Waals surface area contributed by atoms with E-state index >= 15 is 0 Å². The highest BCUT2D eigenvalue weighted by Gasteiger charge is 2.28. The van der Waals surface area contributed by atoms with Crippen LogP contribution in [-0.4, -0.2) is 28.1 Å². The van der Waals surface area contributed by atoms with Crippen LogP contribution in [0.4, 0.5) is 0 Å². The Morgan fingerprint density at radius 3 is 2.86 bits per heavy atom. The van der Waals surface area contributed by atoms with Gasteiger partial charge in [-0.15, -0.1) is 0 Å². The maximum Gasteiger partial charge on any atom is 0.253 e. The molecular formula is C17H22N2O2. The van der Waals surface area contributed by atoms with Crippen LogP contribution >= 0.6 is 0 Å². The average Bonchev–Trinajstić information content (AvgIpc) is 2.48. The summed E-state index contributed by atoms with van der Waals surface area (Å²) in [5.41, 5.74) is 1.14. The molecule has 2 N–H and O–H groups in total. The Labute approximate surface area is 126 Å². The molecule has 0 bridgehead atoms. The van der Waals surface area contributed by atoms with E-state index in [0.29, 0.717) is 17.5 Å². The largest absolute Gasteiger partial charge is 0.395 e. The van der Waals surface area contributed by atoms with Gasteiger partial charge in [-0.1, -0.05) is 31.1 Å². The fraction of sp³-hybridized carbons (Fsp3) is 0.529. The second-order valence-corrected chi connectivity index (χ2v) is 5.81. The number of rotatable bonds is 3. The SMILES string of the molecule is CC1(NC(=O)c2cncc(C#CCCO)c2)CCCCC1. The maximum absolute atomic E-state index is 12.4. The maximum atomic E-state index is 12.4. The Kier molecular flexibility index (Phi) is 5.35. The van der Waals surface area contributed by atoms with E-state index < -0.39 is 0 Å². The molecule has 4 heteroatoms. The van der Waals surface area contributed by atoms with Crippen LogP contribution < -0.4 is 5.32 Å². The predicted octanol–water partition coefficient (Wildman–Crippen LogP) is 2.27. The minimum atomic E-state index is -0.103. The Hall–Kier alpha value is -1.86. The summed E-state index contributed by atoms with van der Waals surface area (Å²) in [6.07, 6.45) is 9.27. The molecule has 0 saturated heterocycles. The van der Waals surface area contributed by atoms with Gasteiger partial charge in [-0.25, -0.2) is 0 Å². The number of aliphatic hydroxyl groups is 1. The molecule has 0 unspecified atom stereocenters. The number of amides is 1. The standard InChI is InChI=1S/C17H22N2O2/c1-17(8-4-2-5-9-17)19-16(21)15-11-14(12-18-13-15)7-3-6-10-20/h11-13,20H,2,4-6,8-10H2,1H3,(H,19,21). The first kappa shape index (κ1) is 15.5. The van der Waals surface area contributed by atoms with E-state index in [1.54, 1.807) is 18.5 Å². The fourth-order valence-electron chi connectivity index (χ4n) is 2.66. The summed E-state index contributed by atoms with van der Waals surface area (Å²) in [5, 5.41) is 11.9. The van der Waals surface area contributed by atoms with Gasteiger partial charge in [0.2, 0.25) is 0 Å². The Morgan fingerprint density at radius 2 is 2.14 bits per heavy atom. The first-order chi connectivity index (χ1) is 10.1. The molecular weight excluding hydrogens is 264 g/mol. The third-order valence-corrected chi connectivity index (χ3v) is 3.84. The van der Waals surface area contributed by atoms with Gasteiger partial charge in [0, 0.05) is 29.9 Å². The van der Waals surface area contributed by atoms with Crippen molar-refractivity contribution in [3.8, 4) is 11.8 Å². The molecule has 0 spiro atoms. The van der Waals surface area contributed by atoms with E-state index in [-0.39, 0.29) is 18.1 Å². The molecule has 1 aliphatic rings. The van der Waals surface area contributed by atoms with Gasteiger partial charge in [0.1, 0.15) is 0 Å². The molecule has 1 amide bonds. The highest BCUT2D eigenvalue weighted by Crippen LogP contribution is 2.27. The summed E-state index contributed by atoms with van der Waals surface area (Å²) in [4.78, 5) is 16.4. The van der Waals surface area contributed by atoms with Crippen molar-refractivity contribution in [1.29, 1.82) is 0 Å². The fourth-order valence-corrected chi connectivity index (χ4v) is 2.66. The molecule has 112 valence electrons. The second-order valence-electron chi connectivity index (χ2n) is 5.81. The third kappa shape index (κ3) is 4.57. The van der Waals surface area contributed by atoms with E-state index in [2.05, 4.69) is 29.1 Å². The van der Waals surface area contributed by atoms with Crippen LogP contribution in [-0.2, 0) is 0 Å². The van der Waals surface area contributed by atoms with Gasteiger partial charge < -0.3 is 10.4 Å². The summed E-state index contributed by atoms with van der Waals surface area (Å²) in [7, 11) is 0. The molecule has 1 aromatic rings. The molecule has 2 rings (SSSR count). The summed E-state index contributed by atoms with van der Waals surface area (Å²) < 4.78 is 0. The van der Waals surface area contributed by atoms with Gasteiger partial charge in [0.15, 0.2) is 0 Å². The molecule has 1 fully saturated rings. The number of nitrogens with zero attached hydrogens (tertiary/aromatic N) is 1. The molecule has 0 atom stereocenters. The number of carbonyl (C=O) groups excluding carboxylic acids is 1. The molecule has 4 nitrogen and oxygen atoms in total. The van der Waals surface area contributed by atoms with Crippen molar-refractivity contribution in [1.82, 2.24) is 10.3 Å². The molecule has 1 aromatic heterocycles. The third-order valence-electron chi connectivity index (χ3n) is 3.84. The second kappa shape index (κ2) is 7.24. The monoisotopic (exact) mass is 286 g/mol. The number of aromatic nitrogens is 1. The molecule has 0 aromatic carbocycles. The van der Waals surface area contributed by atoms with Gasteiger partial charge in [-0.3, -0.25) is 9.78 Å². The Bertz CT molecular complexity index is 551. The minimum Gasteiger partial charge on any atom is -0.395 e. The van der Waals surface area contributed by atoms with E-state index in [0.717, 1.165) is 12.8 Å². The number of hydrogen-bond acceptors (Lipinski definition) is 3. The average molecular weight is 286 g/mol. The zero-order valence-electron chi connectivity index (χ0n) is 12.5. The first-order valence-corrected chi connectivity index (χ1v) is 7.50. The summed E-state index contributed by atoms with van der Waals surface area (Å²) >= 11 is 0. The number of carbonyl (C=O) groups is 1. The number of hydrogen-bond donors (Lipinski definition) is 2. The van der Waals surface area contributed by atoms with Gasteiger partial charge in [-0.2, -0.15) is 0 Å². The van der Waals surface area contributed by atoms with Gasteiger partial charge >= 0.3 is 0 Å². The van der Waals surface area contributed by atoms with Crippen LogP contribution in [0.2, 0.25) is 0 Å². The normalized spacial score (nSPS) is 16.7. The molecule has 0 aliphatic heterocycles. The molecule has 0 radical (unpaired) electrons. The Balaban J connectivity index is 2.05. The van der Waals surface area contributed by atoms with Crippen molar-refractivity contribution in [3.05, 3.63) is 29.6 Å². The lowest BCUT2D eigenvalue weighted by Crippen LogP contribution is -2.47. The zero-order valence-corrected chi connectivity index (χ0v) is 12.5. The van der Waals surface area contributed by atoms with Crippen LogP contribution in [0.15, 0.2) is 18.5 Å². The number of aliphatic hydroxyl groups excluding tert-OH is 1. The summed E-state index contributed by atoms with van der Waals surface area (Å²) in [6.45, 7) is 2.15. The van der Waals surface area contributed by atoms with Crippen LogP contribution in [0, 0.1) is 11.8 Å². The first-order valence-electron chi connectivity index (χ1n) is 7.50. The van der Waals surface area contributed by atoms with E-state index in [1.807, 2.05) is 0 Å². The Morgan fingerprint density at radius 1 is 1.38 bits per heavy atom. The van der Waals surface area contributed by atoms with Crippen LogP contribution in [0.5, 0.6) is 0 Å². The van der Waals surface area contributed by atoms with Crippen molar-refractivity contribution in [2.75, 3.05) is 6.61 Å². The van der Waals surface area contributed by atoms with Crippen molar-refractivity contribution >= 4 is 5.91 Å². The lowest BCUT2D eigenvalue weighted by molar-refractivity contribution is 0.0882. The predicted molar refractivity (Wildman–Crippen MR) is 81.8 cm³/mol. The lowest BCUT2D eigenvalue weighted by atomic mass is 9.83. The quantitative estimate of drug-likeness (QED) is 0.838. The highest BCUT2D eigenvalue weighted by molar-refractivity contribution is 5.94. The lowest BCUT2D eigenvalue weighted by Gasteiger charge is -2.34. The molecule has 1 saturated carbocycles. The number of pyridine rings is 1. The van der Waals surface area contributed by atoms with Crippen LogP contribution in [0.25, 0.3) is 0 Å². The number of nitrogens with one attached hydrogen (secondary N) is 1. The van der Waals surface area contributed by atoms with E-state index in [9.17, 15) is 4.79 Å². The van der Waals surface area contributed by atoms with Crippen molar-refractivity contribution in [2.45, 2.75) is 51.0 Å². The molecule has 21 heavy (non-hydrogen) atoms. The smallest absolute Gasteiger partial charge is 0.253 e. The summed E-state index contributed by atoms with van der Waals surface area (Å²) in [5.74, 6) is 5.65. The van der Waals surface area contributed by atoms with Crippen molar-refractivity contribution < 1.29 is 9.90 Å². The van der Waals surface area contributed by atoms with Gasteiger partial charge in [0.05, 0.1) is 12.2 Å². The zero-order chi connectivity index (χ0) is 15.1. The minimum absolute atomic E-state index is 0.0406. The van der Waals surface area contributed by atoms with Crippen LogP contribution in [0.1, 0.15) is 61.4 Å². The molecule has 1 aliphatic carbocycles. The van der Waals surface area contributed by atoms with E-state index in [4.69, 9.17) is 5.11 Å². The summed E-state index contributed by atoms with van der Waals surface area (Å²) in [6, 6.07) is 1.75. The van der Waals surface area contributed by atoms with Gasteiger partial charge in [-0.05, 0) is 25.8 Å². The van der Waals surface area contributed by atoms with Gasteiger partial charge in [0.25, 0.3) is 5.91 Å². The molecule has 1 heterocycles. The highest BCUT2D eigenvalue weighted by atomic mass is 16.2. The van der Waals surface area contributed by atoms with Crippen molar-refractivity contribution in [2.24, 2.45) is 0 Å². The van der Waals surface area contributed by atoms with Crippen LogP contribution in [0.3, 0.4) is 0 Å².